The number of aryl methyl sites for hydroxylation is 1. The number of nitrogens with zero attached hydrogens (tertiary/aromatic N) is 7. The minimum Gasteiger partial charge on any atom is -0.381 e. The minimum atomic E-state index is -0.433. The van der Waals surface area contributed by atoms with Crippen molar-refractivity contribution in [1.29, 1.82) is 5.26 Å². The molecular formula is C29H39ClN10O2. The molecule has 224 valence electrons. The Labute approximate surface area is 251 Å². The van der Waals surface area contributed by atoms with Crippen LogP contribution in [0, 0.1) is 16.7 Å². The fraction of sp³-hybridized carbons (Fsp3) is 0.586. The summed E-state index contributed by atoms with van der Waals surface area (Å²) in [7, 11) is 1.81. The second-order valence-electron chi connectivity index (χ2n) is 11.3. The smallest absolute Gasteiger partial charge is 0.176 e. The van der Waals surface area contributed by atoms with Gasteiger partial charge in [-0.2, -0.15) is 5.26 Å². The fourth-order valence-electron chi connectivity index (χ4n) is 5.51. The summed E-state index contributed by atoms with van der Waals surface area (Å²) in [4.78, 5) is 9.34. The van der Waals surface area contributed by atoms with E-state index in [2.05, 4.69) is 49.5 Å². The van der Waals surface area contributed by atoms with Crippen LogP contribution in [0.3, 0.4) is 0 Å². The van der Waals surface area contributed by atoms with Gasteiger partial charge < -0.3 is 25.4 Å². The van der Waals surface area contributed by atoms with Crippen molar-refractivity contribution in [3.8, 4) is 17.3 Å². The number of aromatic nitrogens is 6. The van der Waals surface area contributed by atoms with E-state index in [0.29, 0.717) is 61.7 Å². The Bertz CT molecular complexity index is 1350. The second kappa shape index (κ2) is 14.2. The number of rotatable bonds is 12. The molecule has 1 saturated carbocycles. The van der Waals surface area contributed by atoms with E-state index in [-0.39, 0.29) is 6.04 Å². The van der Waals surface area contributed by atoms with Crippen LogP contribution >= 0.6 is 11.6 Å². The monoisotopic (exact) mass is 594 g/mol. The number of halogens is 1. The molecule has 0 bridgehead atoms. The lowest BCUT2D eigenvalue weighted by atomic mass is 9.82. The molecule has 1 atom stereocenters. The average molecular weight is 595 g/mol. The van der Waals surface area contributed by atoms with Crippen LogP contribution in [0.1, 0.15) is 51.3 Å². The Morgan fingerprint density at radius 3 is 2.71 bits per heavy atom. The molecule has 0 unspecified atom stereocenters. The van der Waals surface area contributed by atoms with E-state index in [1.807, 2.05) is 24.3 Å². The zero-order valence-corrected chi connectivity index (χ0v) is 25.0. The molecular weight excluding hydrogens is 556 g/mol. The lowest BCUT2D eigenvalue weighted by Gasteiger charge is -2.32. The molecule has 3 aromatic rings. The highest BCUT2D eigenvalue weighted by atomic mass is 35.5. The van der Waals surface area contributed by atoms with Crippen molar-refractivity contribution >= 4 is 23.2 Å². The number of nitrogens with one attached hydrogen (secondary N) is 3. The summed E-state index contributed by atoms with van der Waals surface area (Å²) >= 11 is 6.57. The molecule has 3 aromatic heterocycles. The quantitative estimate of drug-likeness (QED) is 0.280. The highest BCUT2D eigenvalue weighted by Crippen LogP contribution is 2.32. The first-order valence-corrected chi connectivity index (χ1v) is 15.0. The number of nitriles is 1. The lowest BCUT2D eigenvalue weighted by molar-refractivity contribution is 0.0455. The number of hydrogen-bond acceptors (Lipinski definition) is 11. The number of tetrazole rings is 1. The summed E-state index contributed by atoms with van der Waals surface area (Å²) in [5.41, 5.74) is 1.14. The van der Waals surface area contributed by atoms with Crippen molar-refractivity contribution in [3.63, 3.8) is 0 Å². The minimum absolute atomic E-state index is 0.237. The van der Waals surface area contributed by atoms with Gasteiger partial charge in [0.2, 0.25) is 0 Å². The van der Waals surface area contributed by atoms with Gasteiger partial charge in [0.15, 0.2) is 5.82 Å². The molecule has 0 radical (unpaired) electrons. The summed E-state index contributed by atoms with van der Waals surface area (Å²) in [6.07, 6.45) is 7.34. The van der Waals surface area contributed by atoms with Gasteiger partial charge in [-0.1, -0.05) is 17.7 Å². The molecule has 0 amide bonds. The predicted molar refractivity (Wildman–Crippen MR) is 160 cm³/mol. The number of hydrogen-bond donors (Lipinski definition) is 3. The average Bonchev–Trinajstić information content (AvgIpc) is 3.43. The molecule has 1 aliphatic carbocycles. The Kier molecular flexibility index (Phi) is 10.2. The first-order valence-electron chi connectivity index (χ1n) is 14.6. The van der Waals surface area contributed by atoms with Gasteiger partial charge in [0, 0.05) is 56.7 Å². The van der Waals surface area contributed by atoms with E-state index in [9.17, 15) is 5.26 Å². The van der Waals surface area contributed by atoms with E-state index in [1.54, 1.807) is 17.9 Å². The molecule has 12 nitrogen and oxygen atoms in total. The molecule has 1 aliphatic heterocycles. The van der Waals surface area contributed by atoms with Crippen LogP contribution < -0.4 is 16.0 Å². The molecule has 0 spiro atoms. The topological polar surface area (TPSA) is 148 Å². The van der Waals surface area contributed by atoms with Crippen molar-refractivity contribution in [2.45, 2.75) is 70.2 Å². The van der Waals surface area contributed by atoms with Crippen molar-refractivity contribution in [1.82, 2.24) is 35.5 Å². The van der Waals surface area contributed by atoms with E-state index < -0.39 is 5.41 Å². The molecule has 1 saturated heterocycles. The summed E-state index contributed by atoms with van der Waals surface area (Å²) < 4.78 is 12.9. The van der Waals surface area contributed by atoms with Gasteiger partial charge in [0.25, 0.3) is 0 Å². The molecule has 5 rings (SSSR count). The molecule has 4 heterocycles. The second-order valence-corrected chi connectivity index (χ2v) is 11.7. The van der Waals surface area contributed by atoms with Gasteiger partial charge in [-0.15, -0.1) is 5.10 Å². The van der Waals surface area contributed by atoms with Gasteiger partial charge in [-0.25, -0.2) is 14.6 Å². The number of anilines is 2. The molecule has 13 heteroatoms. The normalized spacial score (nSPS) is 20.9. The van der Waals surface area contributed by atoms with E-state index >= 15 is 0 Å². The third-order valence-corrected chi connectivity index (χ3v) is 8.38. The zero-order chi connectivity index (χ0) is 29.4. The molecule has 3 N–H and O–H groups in total. The van der Waals surface area contributed by atoms with Gasteiger partial charge in [-0.3, -0.25) is 0 Å². The van der Waals surface area contributed by atoms with Crippen molar-refractivity contribution in [2.75, 3.05) is 37.0 Å². The van der Waals surface area contributed by atoms with Gasteiger partial charge in [-0.05, 0) is 74.1 Å². The van der Waals surface area contributed by atoms with Crippen LogP contribution in [0.5, 0.6) is 0 Å². The maximum atomic E-state index is 9.76. The van der Waals surface area contributed by atoms with E-state index in [0.717, 1.165) is 55.6 Å². The summed E-state index contributed by atoms with van der Waals surface area (Å²) in [6.45, 7) is 4.90. The summed E-state index contributed by atoms with van der Waals surface area (Å²) in [5.74, 6) is 2.22. The number of pyridine rings is 2. The van der Waals surface area contributed by atoms with Gasteiger partial charge in [0.05, 0.1) is 28.8 Å². The van der Waals surface area contributed by atoms with E-state index in [4.69, 9.17) is 26.1 Å². The highest BCUT2D eigenvalue weighted by molar-refractivity contribution is 6.33. The SMILES string of the molecule is C[C@@H](COCc1nnnn1C)N[C@H]1CC[C@H](Nc2cc(-c3cccc(NCC4(C#N)CCOCC4)n3)c(Cl)cn2)CC1. The Hall–Kier alpha value is -3.37. The third kappa shape index (κ3) is 7.92. The van der Waals surface area contributed by atoms with Crippen LogP contribution in [0.4, 0.5) is 11.6 Å². The predicted octanol–water partition coefficient (Wildman–Crippen LogP) is 3.97. The van der Waals surface area contributed by atoms with Crippen LogP contribution in [0.15, 0.2) is 30.5 Å². The zero-order valence-electron chi connectivity index (χ0n) is 24.2. The van der Waals surface area contributed by atoms with Crippen LogP contribution in [0.25, 0.3) is 11.3 Å². The summed E-state index contributed by atoms with van der Waals surface area (Å²) in [6, 6.07) is 11.3. The van der Waals surface area contributed by atoms with Crippen molar-refractivity contribution < 1.29 is 9.47 Å². The Morgan fingerprint density at radius 2 is 1.98 bits per heavy atom. The molecule has 42 heavy (non-hydrogen) atoms. The first-order chi connectivity index (χ1) is 20.4. The number of ether oxygens (including phenoxy) is 2. The molecule has 2 aliphatic rings. The van der Waals surface area contributed by atoms with Crippen LogP contribution in [-0.2, 0) is 23.1 Å². The fourth-order valence-corrected chi connectivity index (χ4v) is 5.71. The third-order valence-electron chi connectivity index (χ3n) is 8.08. The van der Waals surface area contributed by atoms with Crippen LogP contribution in [-0.4, -0.2) is 74.7 Å². The Balaban J connectivity index is 1.11. The lowest BCUT2D eigenvalue weighted by Crippen LogP contribution is -2.43. The molecule has 0 aromatic carbocycles. The largest absolute Gasteiger partial charge is 0.381 e. The maximum Gasteiger partial charge on any atom is 0.176 e. The first kappa shape index (κ1) is 30.1. The van der Waals surface area contributed by atoms with Crippen molar-refractivity contribution in [3.05, 3.63) is 41.3 Å². The molecule has 2 fully saturated rings. The van der Waals surface area contributed by atoms with Gasteiger partial charge >= 0.3 is 0 Å². The van der Waals surface area contributed by atoms with Crippen LogP contribution in [0.2, 0.25) is 5.02 Å². The maximum absolute atomic E-state index is 9.76. The summed E-state index contributed by atoms with van der Waals surface area (Å²) in [5, 5.41) is 32.4. The Morgan fingerprint density at radius 1 is 1.19 bits per heavy atom. The standard InChI is InChI=1S/C29H39ClN10O2/c1-20(16-42-17-28-37-38-39-40(28)2)34-21-6-8-22(9-7-21)35-27-14-23(24(30)15-32-27)25-4-3-5-26(36-25)33-19-29(18-31)10-12-41-13-11-29/h3-5,14-15,20-22,34H,6-13,16-17,19H2,1-2H3,(H,32,35)(H,33,36)/t20-,21-,22-/m0/s1. The van der Waals surface area contributed by atoms with E-state index in [1.165, 1.54) is 0 Å². The van der Waals surface area contributed by atoms with Crippen molar-refractivity contribution in [2.24, 2.45) is 12.5 Å². The highest BCUT2D eigenvalue weighted by Gasteiger charge is 2.32. The van der Waals surface area contributed by atoms with Gasteiger partial charge in [0.1, 0.15) is 18.2 Å².